The Balaban J connectivity index is 0.000000686. The fourth-order valence-corrected chi connectivity index (χ4v) is 1.60. The van der Waals surface area contributed by atoms with Crippen LogP contribution in [0.1, 0.15) is 25.1 Å². The number of aromatic nitrogens is 1. The van der Waals surface area contributed by atoms with Crippen LogP contribution in [0.5, 0.6) is 0 Å². The molecule has 0 saturated heterocycles. The van der Waals surface area contributed by atoms with Gasteiger partial charge in [0.25, 0.3) is 0 Å². The Kier molecular flexibility index (Phi) is 4.83. The molecule has 17 heavy (non-hydrogen) atoms. The first-order valence-corrected chi connectivity index (χ1v) is 5.86. The lowest BCUT2D eigenvalue weighted by molar-refractivity contribution is 0.619. The standard InChI is InChI=1S/C13H12FN.C2H6/c1-9-8-11(5-6-13(9)14)12-4-3-7-15-10(12)2;1-2/h3-8H,1-2H3;1-2H3. The topological polar surface area (TPSA) is 12.9 Å². The highest BCUT2D eigenvalue weighted by Gasteiger charge is 2.04. The second-order valence-electron chi connectivity index (χ2n) is 3.60. The Hall–Kier alpha value is -1.70. The molecule has 0 aliphatic carbocycles. The summed E-state index contributed by atoms with van der Waals surface area (Å²) in [5.74, 6) is -0.166. The van der Waals surface area contributed by atoms with E-state index in [1.54, 1.807) is 19.2 Å². The molecule has 0 aliphatic rings. The summed E-state index contributed by atoms with van der Waals surface area (Å²) in [6, 6.07) is 9.01. The second-order valence-corrected chi connectivity index (χ2v) is 3.60. The largest absolute Gasteiger partial charge is 0.261 e. The van der Waals surface area contributed by atoms with Gasteiger partial charge in [0.15, 0.2) is 0 Å². The summed E-state index contributed by atoms with van der Waals surface area (Å²) in [7, 11) is 0. The van der Waals surface area contributed by atoms with Gasteiger partial charge in [-0.2, -0.15) is 0 Å². The molecule has 0 spiro atoms. The van der Waals surface area contributed by atoms with Gasteiger partial charge in [-0.05, 0) is 43.2 Å². The van der Waals surface area contributed by atoms with Gasteiger partial charge in [-0.15, -0.1) is 0 Å². The Morgan fingerprint density at radius 3 is 2.35 bits per heavy atom. The maximum Gasteiger partial charge on any atom is 0.126 e. The number of rotatable bonds is 1. The highest BCUT2D eigenvalue weighted by Crippen LogP contribution is 2.23. The van der Waals surface area contributed by atoms with E-state index in [-0.39, 0.29) is 5.82 Å². The maximum absolute atomic E-state index is 13.1. The summed E-state index contributed by atoms with van der Waals surface area (Å²) >= 11 is 0. The van der Waals surface area contributed by atoms with Crippen molar-refractivity contribution in [2.75, 3.05) is 0 Å². The summed E-state index contributed by atoms with van der Waals surface area (Å²) < 4.78 is 13.1. The van der Waals surface area contributed by atoms with Gasteiger partial charge in [0.1, 0.15) is 5.82 Å². The molecule has 0 fully saturated rings. The first-order chi connectivity index (χ1) is 8.18. The van der Waals surface area contributed by atoms with Crippen molar-refractivity contribution in [2.45, 2.75) is 27.7 Å². The van der Waals surface area contributed by atoms with Crippen LogP contribution in [0.3, 0.4) is 0 Å². The van der Waals surface area contributed by atoms with Gasteiger partial charge >= 0.3 is 0 Å². The molecule has 1 aromatic heterocycles. The van der Waals surface area contributed by atoms with Gasteiger partial charge in [-0.3, -0.25) is 4.98 Å². The molecule has 0 saturated carbocycles. The van der Waals surface area contributed by atoms with Crippen LogP contribution in [0.4, 0.5) is 4.39 Å². The van der Waals surface area contributed by atoms with E-state index >= 15 is 0 Å². The third-order valence-electron chi connectivity index (χ3n) is 2.48. The normalized spacial score (nSPS) is 9.47. The average molecular weight is 231 g/mol. The number of aryl methyl sites for hydroxylation is 2. The summed E-state index contributed by atoms with van der Waals surface area (Å²) in [5, 5.41) is 0. The number of nitrogens with zero attached hydrogens (tertiary/aromatic N) is 1. The van der Waals surface area contributed by atoms with Crippen LogP contribution in [-0.2, 0) is 0 Å². The molecule has 90 valence electrons. The average Bonchev–Trinajstić information content (AvgIpc) is 2.36. The zero-order valence-electron chi connectivity index (χ0n) is 10.8. The van der Waals surface area contributed by atoms with Crippen molar-refractivity contribution >= 4 is 0 Å². The predicted molar refractivity (Wildman–Crippen MR) is 70.5 cm³/mol. The molecule has 0 amide bonds. The van der Waals surface area contributed by atoms with E-state index in [2.05, 4.69) is 4.98 Å². The van der Waals surface area contributed by atoms with Gasteiger partial charge in [-0.1, -0.05) is 26.0 Å². The molecule has 2 heteroatoms. The van der Waals surface area contributed by atoms with E-state index in [9.17, 15) is 4.39 Å². The molecule has 0 N–H and O–H groups in total. The van der Waals surface area contributed by atoms with Crippen LogP contribution in [0.2, 0.25) is 0 Å². The van der Waals surface area contributed by atoms with Gasteiger partial charge < -0.3 is 0 Å². The van der Waals surface area contributed by atoms with Crippen molar-refractivity contribution in [3.8, 4) is 11.1 Å². The van der Waals surface area contributed by atoms with Crippen molar-refractivity contribution in [3.63, 3.8) is 0 Å². The minimum Gasteiger partial charge on any atom is -0.261 e. The summed E-state index contributed by atoms with van der Waals surface area (Å²) in [5.41, 5.74) is 3.69. The van der Waals surface area contributed by atoms with Crippen molar-refractivity contribution < 1.29 is 4.39 Å². The number of pyridine rings is 1. The quantitative estimate of drug-likeness (QED) is 0.702. The third kappa shape index (κ3) is 3.13. The SMILES string of the molecule is CC.Cc1cc(-c2cccnc2C)ccc1F. The Morgan fingerprint density at radius 1 is 1.06 bits per heavy atom. The lowest BCUT2D eigenvalue weighted by Crippen LogP contribution is -1.88. The first kappa shape index (κ1) is 13.4. The zero-order chi connectivity index (χ0) is 12.8. The van der Waals surface area contributed by atoms with Gasteiger partial charge in [0, 0.05) is 17.5 Å². The van der Waals surface area contributed by atoms with Crippen molar-refractivity contribution in [1.82, 2.24) is 4.98 Å². The molecule has 1 heterocycles. The molecule has 1 aromatic carbocycles. The molecular weight excluding hydrogens is 213 g/mol. The number of hydrogen-bond acceptors (Lipinski definition) is 1. The van der Waals surface area contributed by atoms with E-state index in [1.165, 1.54) is 6.07 Å². The van der Waals surface area contributed by atoms with E-state index in [0.29, 0.717) is 5.56 Å². The van der Waals surface area contributed by atoms with Crippen molar-refractivity contribution in [1.29, 1.82) is 0 Å². The first-order valence-electron chi connectivity index (χ1n) is 5.86. The van der Waals surface area contributed by atoms with Gasteiger partial charge in [0.05, 0.1) is 0 Å². The summed E-state index contributed by atoms with van der Waals surface area (Å²) in [4.78, 5) is 4.21. The van der Waals surface area contributed by atoms with E-state index in [1.807, 2.05) is 39.0 Å². The molecule has 0 bridgehead atoms. The maximum atomic E-state index is 13.1. The van der Waals surface area contributed by atoms with Crippen LogP contribution < -0.4 is 0 Å². The molecule has 2 rings (SSSR count). The van der Waals surface area contributed by atoms with Gasteiger partial charge in [0.2, 0.25) is 0 Å². The Labute approximate surface area is 102 Å². The van der Waals surface area contributed by atoms with Gasteiger partial charge in [-0.25, -0.2) is 4.39 Å². The molecule has 0 atom stereocenters. The van der Waals surface area contributed by atoms with Crippen molar-refractivity contribution in [2.24, 2.45) is 0 Å². The molecule has 2 aromatic rings. The van der Waals surface area contributed by atoms with E-state index in [0.717, 1.165) is 16.8 Å². The number of hydrogen-bond donors (Lipinski definition) is 0. The van der Waals surface area contributed by atoms with Crippen LogP contribution in [0.15, 0.2) is 36.5 Å². The van der Waals surface area contributed by atoms with Crippen LogP contribution >= 0.6 is 0 Å². The predicted octanol–water partition coefficient (Wildman–Crippen LogP) is 4.53. The summed E-state index contributed by atoms with van der Waals surface area (Å²) in [6.07, 6.45) is 1.76. The molecule has 0 radical (unpaired) electrons. The smallest absolute Gasteiger partial charge is 0.126 e. The Morgan fingerprint density at radius 2 is 1.76 bits per heavy atom. The van der Waals surface area contributed by atoms with Crippen LogP contribution in [0, 0.1) is 19.7 Å². The highest BCUT2D eigenvalue weighted by atomic mass is 19.1. The molecular formula is C15H18FN. The zero-order valence-corrected chi connectivity index (χ0v) is 10.8. The minimum absolute atomic E-state index is 0.166. The van der Waals surface area contributed by atoms with Crippen LogP contribution in [0.25, 0.3) is 11.1 Å². The van der Waals surface area contributed by atoms with E-state index < -0.39 is 0 Å². The number of halogens is 1. The third-order valence-corrected chi connectivity index (χ3v) is 2.48. The highest BCUT2D eigenvalue weighted by molar-refractivity contribution is 5.66. The summed E-state index contributed by atoms with van der Waals surface area (Å²) in [6.45, 7) is 7.72. The lowest BCUT2D eigenvalue weighted by Gasteiger charge is -2.06. The fourth-order valence-electron chi connectivity index (χ4n) is 1.60. The second kappa shape index (κ2) is 6.14. The lowest BCUT2D eigenvalue weighted by atomic mass is 10.0. The van der Waals surface area contributed by atoms with Crippen molar-refractivity contribution in [3.05, 3.63) is 53.6 Å². The minimum atomic E-state index is -0.166. The number of benzene rings is 1. The fraction of sp³-hybridized carbons (Fsp3) is 0.267. The monoisotopic (exact) mass is 231 g/mol. The van der Waals surface area contributed by atoms with E-state index in [4.69, 9.17) is 0 Å². The molecule has 1 nitrogen and oxygen atoms in total. The van der Waals surface area contributed by atoms with Crippen LogP contribution in [-0.4, -0.2) is 4.98 Å². The molecule has 0 unspecified atom stereocenters. The Bertz CT molecular complexity index is 492. The molecule has 0 aliphatic heterocycles.